The number of aromatic nitrogens is 4. The molecule has 0 aliphatic heterocycles. The van der Waals surface area contributed by atoms with E-state index in [2.05, 4.69) is 19.9 Å². The van der Waals surface area contributed by atoms with Crippen LogP contribution in [-0.4, -0.2) is 19.9 Å². The van der Waals surface area contributed by atoms with Gasteiger partial charge in [0.2, 0.25) is 0 Å². The van der Waals surface area contributed by atoms with Crippen LogP contribution in [0.1, 0.15) is 0 Å². The Balaban J connectivity index is 1.89. The van der Waals surface area contributed by atoms with Crippen molar-refractivity contribution < 1.29 is 4.39 Å². The van der Waals surface area contributed by atoms with E-state index in [0.29, 0.717) is 11.5 Å². The van der Waals surface area contributed by atoms with Gasteiger partial charge in [-0.25, -0.2) is 9.37 Å². The second-order valence-electron chi connectivity index (χ2n) is 5.25. The number of halogens is 1. The van der Waals surface area contributed by atoms with E-state index < -0.39 is 0 Å². The van der Waals surface area contributed by atoms with Crippen molar-refractivity contribution in [2.75, 3.05) is 0 Å². The number of imidazole rings is 1. The van der Waals surface area contributed by atoms with Crippen molar-refractivity contribution in [3.8, 4) is 34.2 Å². The van der Waals surface area contributed by atoms with E-state index in [9.17, 15) is 4.39 Å². The molecule has 3 aromatic heterocycles. The van der Waals surface area contributed by atoms with Crippen molar-refractivity contribution in [2.45, 2.75) is 0 Å². The average molecular weight is 316 g/mol. The molecule has 4 rings (SSSR count). The average Bonchev–Trinajstić information content (AvgIpc) is 3.09. The number of hydrogen-bond donors (Lipinski definition) is 1. The van der Waals surface area contributed by atoms with E-state index in [1.54, 1.807) is 24.5 Å². The molecule has 0 saturated heterocycles. The highest BCUT2D eigenvalue weighted by atomic mass is 19.1. The molecule has 0 radical (unpaired) electrons. The monoisotopic (exact) mass is 316 g/mol. The Morgan fingerprint density at radius 3 is 2.04 bits per heavy atom. The lowest BCUT2D eigenvalue weighted by molar-refractivity contribution is 0.628. The molecule has 24 heavy (non-hydrogen) atoms. The van der Waals surface area contributed by atoms with E-state index >= 15 is 0 Å². The molecule has 116 valence electrons. The quantitative estimate of drug-likeness (QED) is 0.611. The maximum atomic E-state index is 13.2. The topological polar surface area (TPSA) is 54.5 Å². The van der Waals surface area contributed by atoms with Gasteiger partial charge in [0.05, 0.1) is 17.1 Å². The molecule has 4 aromatic rings. The van der Waals surface area contributed by atoms with Gasteiger partial charge in [0.1, 0.15) is 17.3 Å². The third-order valence-corrected chi connectivity index (χ3v) is 3.65. The first kappa shape index (κ1) is 14.3. The van der Waals surface area contributed by atoms with Gasteiger partial charge in [-0.15, -0.1) is 0 Å². The first-order valence-electron chi connectivity index (χ1n) is 7.50. The van der Waals surface area contributed by atoms with Crippen LogP contribution in [0.4, 0.5) is 4.39 Å². The highest BCUT2D eigenvalue weighted by Crippen LogP contribution is 2.30. The van der Waals surface area contributed by atoms with Gasteiger partial charge in [0.25, 0.3) is 0 Å². The summed E-state index contributed by atoms with van der Waals surface area (Å²) in [6.45, 7) is 0. The van der Waals surface area contributed by atoms with Gasteiger partial charge in [0, 0.05) is 18.0 Å². The first-order valence-corrected chi connectivity index (χ1v) is 7.50. The van der Waals surface area contributed by atoms with E-state index in [1.807, 2.05) is 36.4 Å². The Hall–Kier alpha value is -3.34. The fourth-order valence-electron chi connectivity index (χ4n) is 2.50. The summed E-state index contributed by atoms with van der Waals surface area (Å²) in [6.07, 6.45) is 3.46. The molecule has 0 fully saturated rings. The molecule has 4 nitrogen and oxygen atoms in total. The summed E-state index contributed by atoms with van der Waals surface area (Å²) in [5, 5.41) is 0. The van der Waals surface area contributed by atoms with Gasteiger partial charge in [-0.05, 0) is 48.5 Å². The fraction of sp³-hybridized carbons (Fsp3) is 0. The number of benzene rings is 1. The predicted molar refractivity (Wildman–Crippen MR) is 90.4 cm³/mol. The number of pyridine rings is 2. The van der Waals surface area contributed by atoms with Crippen molar-refractivity contribution in [3.63, 3.8) is 0 Å². The molecular weight excluding hydrogens is 303 g/mol. The number of hydrogen-bond acceptors (Lipinski definition) is 3. The Bertz CT molecular complexity index is 891. The molecule has 0 atom stereocenters. The molecule has 0 spiro atoms. The maximum Gasteiger partial charge on any atom is 0.138 e. The van der Waals surface area contributed by atoms with Crippen molar-refractivity contribution >= 4 is 0 Å². The SMILES string of the molecule is Fc1ccc(-c2nc(-c3ccccn3)c(-c3ccccn3)[nH]2)cc1. The van der Waals surface area contributed by atoms with Gasteiger partial charge < -0.3 is 4.98 Å². The summed E-state index contributed by atoms with van der Waals surface area (Å²) in [7, 11) is 0. The van der Waals surface area contributed by atoms with Crippen LogP contribution < -0.4 is 0 Å². The van der Waals surface area contributed by atoms with Crippen molar-refractivity contribution in [1.82, 2.24) is 19.9 Å². The van der Waals surface area contributed by atoms with Crippen LogP contribution in [0.25, 0.3) is 34.2 Å². The third kappa shape index (κ3) is 2.67. The van der Waals surface area contributed by atoms with Crippen molar-refractivity contribution in [1.29, 1.82) is 0 Å². The lowest BCUT2D eigenvalue weighted by atomic mass is 10.2. The van der Waals surface area contributed by atoms with Crippen LogP contribution in [0.5, 0.6) is 0 Å². The van der Waals surface area contributed by atoms with Crippen LogP contribution in [0, 0.1) is 5.82 Å². The van der Waals surface area contributed by atoms with Crippen molar-refractivity contribution in [3.05, 3.63) is 78.9 Å². The fourth-order valence-corrected chi connectivity index (χ4v) is 2.50. The molecule has 1 aromatic carbocycles. The van der Waals surface area contributed by atoms with Gasteiger partial charge >= 0.3 is 0 Å². The van der Waals surface area contributed by atoms with E-state index in [0.717, 1.165) is 22.6 Å². The molecular formula is C19H13FN4. The summed E-state index contributed by atoms with van der Waals surface area (Å²) in [4.78, 5) is 16.8. The minimum absolute atomic E-state index is 0.278. The summed E-state index contributed by atoms with van der Waals surface area (Å²) < 4.78 is 13.2. The van der Waals surface area contributed by atoms with Gasteiger partial charge in [-0.3, -0.25) is 9.97 Å². The van der Waals surface area contributed by atoms with Gasteiger partial charge in [0.15, 0.2) is 0 Å². The Morgan fingerprint density at radius 2 is 1.42 bits per heavy atom. The van der Waals surface area contributed by atoms with E-state index in [1.165, 1.54) is 12.1 Å². The van der Waals surface area contributed by atoms with Gasteiger partial charge in [-0.1, -0.05) is 12.1 Å². The van der Waals surface area contributed by atoms with Gasteiger partial charge in [-0.2, -0.15) is 0 Å². The van der Waals surface area contributed by atoms with E-state index in [4.69, 9.17) is 0 Å². The molecule has 0 aliphatic rings. The molecule has 0 aliphatic carbocycles. The molecule has 5 heteroatoms. The zero-order valence-electron chi connectivity index (χ0n) is 12.6. The molecule has 0 saturated carbocycles. The van der Waals surface area contributed by atoms with Crippen LogP contribution in [0.15, 0.2) is 73.1 Å². The summed E-state index contributed by atoms with van der Waals surface area (Å²) >= 11 is 0. The molecule has 0 bridgehead atoms. The Kier molecular flexibility index (Phi) is 3.59. The lowest BCUT2D eigenvalue weighted by Gasteiger charge is -2.00. The smallest absolute Gasteiger partial charge is 0.138 e. The zero-order valence-corrected chi connectivity index (χ0v) is 12.6. The normalized spacial score (nSPS) is 10.7. The van der Waals surface area contributed by atoms with E-state index in [-0.39, 0.29) is 5.82 Å². The largest absolute Gasteiger partial charge is 0.336 e. The number of nitrogens with zero attached hydrogens (tertiary/aromatic N) is 3. The molecule has 0 unspecified atom stereocenters. The highest BCUT2D eigenvalue weighted by molar-refractivity contribution is 5.77. The standard InChI is InChI=1S/C19H13FN4/c20-14-9-7-13(8-10-14)19-23-17(15-5-1-3-11-21-15)18(24-19)16-6-2-4-12-22-16/h1-12H,(H,23,24). The van der Waals surface area contributed by atoms with Crippen LogP contribution >= 0.6 is 0 Å². The second-order valence-corrected chi connectivity index (χ2v) is 5.25. The molecule has 0 amide bonds. The van der Waals surface area contributed by atoms with Crippen LogP contribution in [0.3, 0.4) is 0 Å². The Morgan fingerprint density at radius 1 is 0.750 bits per heavy atom. The zero-order chi connectivity index (χ0) is 16.4. The molecule has 1 N–H and O–H groups in total. The molecule has 3 heterocycles. The summed E-state index contributed by atoms with van der Waals surface area (Å²) in [5.41, 5.74) is 3.83. The number of nitrogens with one attached hydrogen (secondary N) is 1. The highest BCUT2D eigenvalue weighted by Gasteiger charge is 2.16. The first-order chi connectivity index (χ1) is 11.8. The summed E-state index contributed by atoms with van der Waals surface area (Å²) in [6, 6.07) is 17.6. The Labute approximate surface area is 138 Å². The number of H-pyrrole nitrogens is 1. The second kappa shape index (κ2) is 6.04. The van der Waals surface area contributed by atoms with Crippen molar-refractivity contribution in [2.24, 2.45) is 0 Å². The predicted octanol–water partition coefficient (Wildman–Crippen LogP) is 4.34. The number of aromatic amines is 1. The summed E-state index contributed by atoms with van der Waals surface area (Å²) in [5.74, 6) is 0.372. The third-order valence-electron chi connectivity index (χ3n) is 3.65. The maximum absolute atomic E-state index is 13.2. The number of rotatable bonds is 3. The van der Waals surface area contributed by atoms with Crippen LogP contribution in [0.2, 0.25) is 0 Å². The minimum Gasteiger partial charge on any atom is -0.336 e. The lowest BCUT2D eigenvalue weighted by Crippen LogP contribution is -1.88. The van der Waals surface area contributed by atoms with Crippen LogP contribution in [-0.2, 0) is 0 Å². The minimum atomic E-state index is -0.278.